The SMILES string of the molecule is CC1C(c2ccccc2)OC(=O)N1C1CCN(C(=O)c2sc(S(C)(=O)=O)c3c2CCC=C3)CC1. The highest BCUT2D eigenvalue weighted by atomic mass is 32.2. The van der Waals surface area contributed by atoms with Gasteiger partial charge in [0.05, 0.1) is 10.9 Å². The van der Waals surface area contributed by atoms with Crippen molar-refractivity contribution in [3.63, 3.8) is 0 Å². The van der Waals surface area contributed by atoms with Crippen LogP contribution in [0.3, 0.4) is 0 Å². The molecule has 1 aromatic heterocycles. The molecule has 7 nitrogen and oxygen atoms in total. The fourth-order valence-electron chi connectivity index (χ4n) is 5.29. The van der Waals surface area contributed by atoms with Crippen molar-refractivity contribution in [1.29, 1.82) is 0 Å². The molecule has 2 saturated heterocycles. The minimum atomic E-state index is -3.41. The Balaban J connectivity index is 1.30. The number of benzene rings is 1. The van der Waals surface area contributed by atoms with Crippen LogP contribution < -0.4 is 0 Å². The smallest absolute Gasteiger partial charge is 0.411 e. The largest absolute Gasteiger partial charge is 0.439 e. The van der Waals surface area contributed by atoms with Gasteiger partial charge in [-0.2, -0.15) is 0 Å². The first-order valence-corrected chi connectivity index (χ1v) is 14.3. The molecule has 2 fully saturated rings. The Morgan fingerprint density at radius 1 is 1.15 bits per heavy atom. The molecule has 5 rings (SSSR count). The molecule has 180 valence electrons. The van der Waals surface area contributed by atoms with Gasteiger partial charge in [0.25, 0.3) is 5.91 Å². The zero-order valence-corrected chi connectivity index (χ0v) is 20.9. The van der Waals surface area contributed by atoms with Crippen LogP contribution in [0.2, 0.25) is 0 Å². The number of hydrogen-bond donors (Lipinski definition) is 0. The lowest BCUT2D eigenvalue weighted by Gasteiger charge is -2.37. The quantitative estimate of drug-likeness (QED) is 0.625. The standard InChI is InChI=1S/C25H28N2O5S2/c1-16-21(17-8-4-3-5-9-17)32-25(29)27(16)18-12-14-26(15-13-18)23(28)22-19-10-6-7-11-20(19)24(33-22)34(2,30)31/h3-5,7-9,11,16,18,21H,6,10,12-15H2,1-2H3. The highest BCUT2D eigenvalue weighted by Gasteiger charge is 2.44. The number of piperidine rings is 1. The highest BCUT2D eigenvalue weighted by molar-refractivity contribution is 7.92. The number of amides is 2. The minimum absolute atomic E-state index is 0.00651. The van der Waals surface area contributed by atoms with E-state index in [2.05, 4.69) is 0 Å². The molecule has 2 atom stereocenters. The molecule has 2 aliphatic heterocycles. The summed E-state index contributed by atoms with van der Waals surface area (Å²) in [4.78, 5) is 30.3. The second kappa shape index (κ2) is 8.85. The van der Waals surface area contributed by atoms with Crippen molar-refractivity contribution in [3.05, 3.63) is 58.0 Å². The average Bonchev–Trinajstić information content (AvgIpc) is 3.37. The van der Waals surface area contributed by atoms with E-state index in [0.29, 0.717) is 42.8 Å². The Kier molecular flexibility index (Phi) is 6.02. The van der Waals surface area contributed by atoms with Gasteiger partial charge in [-0.25, -0.2) is 13.2 Å². The molecular weight excluding hydrogens is 472 g/mol. The van der Waals surface area contributed by atoms with Gasteiger partial charge in [0, 0.05) is 31.0 Å². The van der Waals surface area contributed by atoms with Gasteiger partial charge in [-0.15, -0.1) is 11.3 Å². The third-order valence-electron chi connectivity index (χ3n) is 6.98. The van der Waals surface area contributed by atoms with E-state index >= 15 is 0 Å². The molecule has 2 unspecified atom stereocenters. The predicted octanol–water partition coefficient (Wildman–Crippen LogP) is 4.30. The second-order valence-corrected chi connectivity index (χ2v) is 12.4. The van der Waals surface area contributed by atoms with E-state index in [1.165, 1.54) is 6.26 Å². The Morgan fingerprint density at radius 2 is 1.85 bits per heavy atom. The van der Waals surface area contributed by atoms with Crippen LogP contribution in [-0.2, 0) is 21.0 Å². The number of nitrogens with zero attached hydrogens (tertiary/aromatic N) is 2. The second-order valence-electron chi connectivity index (χ2n) is 9.21. The number of cyclic esters (lactones) is 1. The molecule has 1 aliphatic carbocycles. The summed E-state index contributed by atoms with van der Waals surface area (Å²) in [5.41, 5.74) is 2.51. The minimum Gasteiger partial charge on any atom is -0.439 e. The lowest BCUT2D eigenvalue weighted by Crippen LogP contribution is -2.49. The first-order valence-electron chi connectivity index (χ1n) is 11.6. The third kappa shape index (κ3) is 4.05. The molecule has 0 radical (unpaired) electrons. The molecule has 0 spiro atoms. The Hall–Kier alpha value is -2.65. The van der Waals surface area contributed by atoms with Gasteiger partial charge in [-0.1, -0.05) is 42.5 Å². The van der Waals surface area contributed by atoms with Crippen LogP contribution in [0.5, 0.6) is 0 Å². The van der Waals surface area contributed by atoms with Crippen LogP contribution in [0, 0.1) is 0 Å². The number of allylic oxidation sites excluding steroid dienone is 1. The zero-order valence-electron chi connectivity index (χ0n) is 19.3. The van der Waals surface area contributed by atoms with E-state index in [4.69, 9.17) is 4.74 Å². The molecule has 2 aromatic rings. The topological polar surface area (TPSA) is 84.0 Å². The van der Waals surface area contributed by atoms with E-state index < -0.39 is 9.84 Å². The monoisotopic (exact) mass is 500 g/mol. The molecule has 3 aliphatic rings. The summed E-state index contributed by atoms with van der Waals surface area (Å²) in [6.45, 7) is 3.05. The first kappa shape index (κ1) is 23.1. The maximum atomic E-state index is 13.4. The van der Waals surface area contributed by atoms with E-state index in [0.717, 1.165) is 28.9 Å². The van der Waals surface area contributed by atoms with Gasteiger partial charge in [0.2, 0.25) is 0 Å². The summed E-state index contributed by atoms with van der Waals surface area (Å²) in [5.74, 6) is -0.107. The van der Waals surface area contributed by atoms with Gasteiger partial charge in [-0.3, -0.25) is 9.69 Å². The van der Waals surface area contributed by atoms with Crippen molar-refractivity contribution in [2.45, 2.75) is 55.0 Å². The summed E-state index contributed by atoms with van der Waals surface area (Å²) in [7, 11) is -3.41. The number of likely N-dealkylation sites (tertiary alicyclic amines) is 1. The predicted molar refractivity (Wildman–Crippen MR) is 131 cm³/mol. The van der Waals surface area contributed by atoms with Crippen LogP contribution in [0.25, 0.3) is 6.08 Å². The average molecular weight is 501 g/mol. The van der Waals surface area contributed by atoms with Crippen molar-refractivity contribution in [2.24, 2.45) is 0 Å². The fraction of sp³-hybridized carbons (Fsp3) is 0.440. The molecular formula is C25H28N2O5S2. The molecule has 1 aromatic carbocycles. The number of hydrogen-bond acceptors (Lipinski definition) is 6. The maximum Gasteiger partial charge on any atom is 0.411 e. The Morgan fingerprint density at radius 3 is 2.53 bits per heavy atom. The number of carbonyl (C=O) groups is 2. The van der Waals surface area contributed by atoms with Gasteiger partial charge >= 0.3 is 6.09 Å². The maximum absolute atomic E-state index is 13.4. The summed E-state index contributed by atoms with van der Waals surface area (Å²) in [6.07, 6.45) is 7.19. The van der Waals surface area contributed by atoms with Crippen LogP contribution >= 0.6 is 11.3 Å². The summed E-state index contributed by atoms with van der Waals surface area (Å²) in [6, 6.07) is 9.69. The number of fused-ring (bicyclic) bond motifs is 1. The van der Waals surface area contributed by atoms with Crippen molar-refractivity contribution in [1.82, 2.24) is 9.80 Å². The van der Waals surface area contributed by atoms with Crippen LogP contribution in [0.15, 0.2) is 40.6 Å². The Bertz CT molecular complexity index is 1240. The summed E-state index contributed by atoms with van der Waals surface area (Å²) in [5, 5.41) is 0. The van der Waals surface area contributed by atoms with Gasteiger partial charge in [0.1, 0.15) is 10.3 Å². The van der Waals surface area contributed by atoms with E-state index in [-0.39, 0.29) is 34.4 Å². The van der Waals surface area contributed by atoms with E-state index in [1.54, 1.807) is 4.90 Å². The van der Waals surface area contributed by atoms with Crippen molar-refractivity contribution in [3.8, 4) is 0 Å². The van der Waals surface area contributed by atoms with Crippen LogP contribution in [-0.4, -0.2) is 61.6 Å². The zero-order chi connectivity index (χ0) is 24.0. The van der Waals surface area contributed by atoms with Crippen molar-refractivity contribution < 1.29 is 22.7 Å². The van der Waals surface area contributed by atoms with Crippen molar-refractivity contribution >= 4 is 39.3 Å². The fourth-order valence-corrected chi connectivity index (χ4v) is 7.77. The highest BCUT2D eigenvalue weighted by Crippen LogP contribution is 2.39. The normalized spacial score (nSPS) is 23.2. The first-order chi connectivity index (χ1) is 16.3. The number of sulfone groups is 1. The van der Waals surface area contributed by atoms with Gasteiger partial charge in [0.15, 0.2) is 9.84 Å². The Labute approximate surface area is 203 Å². The lowest BCUT2D eigenvalue weighted by molar-refractivity contribution is 0.0644. The van der Waals surface area contributed by atoms with Crippen LogP contribution in [0.1, 0.15) is 58.7 Å². The lowest BCUT2D eigenvalue weighted by atomic mass is 9.97. The van der Waals surface area contributed by atoms with Crippen molar-refractivity contribution in [2.75, 3.05) is 19.3 Å². The number of carbonyl (C=O) groups excluding carboxylic acids is 2. The van der Waals surface area contributed by atoms with Gasteiger partial charge in [-0.05, 0) is 43.7 Å². The number of rotatable bonds is 4. The third-order valence-corrected chi connectivity index (χ3v) is 10.1. The van der Waals surface area contributed by atoms with E-state index in [9.17, 15) is 18.0 Å². The van der Waals surface area contributed by atoms with Gasteiger partial charge < -0.3 is 9.64 Å². The molecule has 0 N–H and O–H groups in total. The molecule has 0 bridgehead atoms. The molecule has 9 heteroatoms. The summed E-state index contributed by atoms with van der Waals surface area (Å²) >= 11 is 1.09. The molecule has 0 saturated carbocycles. The van der Waals surface area contributed by atoms with E-state index in [1.807, 2.05) is 54.3 Å². The summed E-state index contributed by atoms with van der Waals surface area (Å²) < 4.78 is 30.6. The van der Waals surface area contributed by atoms with Crippen LogP contribution in [0.4, 0.5) is 4.79 Å². The molecule has 34 heavy (non-hydrogen) atoms. The number of ether oxygens (including phenoxy) is 1. The molecule has 3 heterocycles. The number of thiophene rings is 1. The molecule has 2 amide bonds.